The predicted octanol–water partition coefficient (Wildman–Crippen LogP) is 0.278. The summed E-state index contributed by atoms with van der Waals surface area (Å²) in [5, 5.41) is 14.5. The summed E-state index contributed by atoms with van der Waals surface area (Å²) in [4.78, 5) is 11.7. The highest BCUT2D eigenvalue weighted by Gasteiger charge is 2.13. The fourth-order valence-corrected chi connectivity index (χ4v) is 1.48. The number of aliphatic hydroxyl groups excluding tert-OH is 1. The van der Waals surface area contributed by atoms with Crippen molar-refractivity contribution in [3.8, 4) is 0 Å². The van der Waals surface area contributed by atoms with E-state index in [1.807, 2.05) is 13.8 Å². The molecule has 17 heavy (non-hydrogen) atoms. The molecule has 0 bridgehead atoms. The van der Waals surface area contributed by atoms with Gasteiger partial charge in [-0.1, -0.05) is 13.3 Å². The lowest BCUT2D eigenvalue weighted by molar-refractivity contribution is -0.123. The van der Waals surface area contributed by atoms with Gasteiger partial charge < -0.3 is 20.5 Å². The zero-order valence-corrected chi connectivity index (χ0v) is 11.2. The van der Waals surface area contributed by atoms with E-state index in [9.17, 15) is 4.79 Å². The molecule has 2 atom stereocenters. The molecule has 0 aliphatic carbocycles. The number of aliphatic hydroxyl groups is 1. The van der Waals surface area contributed by atoms with Crippen LogP contribution in [0.15, 0.2) is 0 Å². The molecule has 0 saturated heterocycles. The van der Waals surface area contributed by atoms with E-state index in [1.54, 1.807) is 0 Å². The molecule has 0 rings (SSSR count). The zero-order chi connectivity index (χ0) is 13.1. The van der Waals surface area contributed by atoms with Gasteiger partial charge in [0.05, 0.1) is 25.9 Å². The van der Waals surface area contributed by atoms with E-state index in [1.165, 1.54) is 0 Å². The van der Waals surface area contributed by atoms with Crippen LogP contribution in [0.5, 0.6) is 0 Å². The predicted molar refractivity (Wildman–Crippen MR) is 67.9 cm³/mol. The van der Waals surface area contributed by atoms with Crippen molar-refractivity contribution in [2.75, 3.05) is 26.4 Å². The lowest BCUT2D eigenvalue weighted by atomic mass is 10.2. The van der Waals surface area contributed by atoms with Crippen LogP contribution in [0.4, 0.5) is 0 Å². The van der Waals surface area contributed by atoms with Crippen LogP contribution in [0.25, 0.3) is 0 Å². The van der Waals surface area contributed by atoms with Gasteiger partial charge in [0.15, 0.2) is 0 Å². The molecule has 3 N–H and O–H groups in total. The number of hydrogen-bond donors (Lipinski definition) is 3. The third kappa shape index (κ3) is 9.09. The van der Waals surface area contributed by atoms with Crippen LogP contribution in [0, 0.1) is 0 Å². The van der Waals surface area contributed by atoms with Crippen molar-refractivity contribution in [1.29, 1.82) is 0 Å². The third-order valence-electron chi connectivity index (χ3n) is 2.44. The van der Waals surface area contributed by atoms with Gasteiger partial charge in [-0.2, -0.15) is 0 Å². The number of nitrogens with one attached hydrogen (secondary N) is 2. The van der Waals surface area contributed by atoms with Crippen molar-refractivity contribution in [3.05, 3.63) is 0 Å². The number of carbonyl (C=O) groups excluding carboxylic acids is 1. The topological polar surface area (TPSA) is 70.6 Å². The lowest BCUT2D eigenvalue weighted by Gasteiger charge is -2.18. The van der Waals surface area contributed by atoms with Gasteiger partial charge in [0.25, 0.3) is 0 Å². The molecular weight excluding hydrogens is 220 g/mol. The quantitative estimate of drug-likeness (QED) is 0.484. The van der Waals surface area contributed by atoms with Crippen molar-refractivity contribution in [1.82, 2.24) is 10.6 Å². The van der Waals surface area contributed by atoms with Crippen LogP contribution in [0.1, 0.15) is 33.6 Å². The summed E-state index contributed by atoms with van der Waals surface area (Å²) < 4.78 is 5.09. The summed E-state index contributed by atoms with van der Waals surface area (Å²) in [6.45, 7) is 7.43. The van der Waals surface area contributed by atoms with Crippen molar-refractivity contribution in [3.63, 3.8) is 0 Å². The molecule has 5 heteroatoms. The maximum absolute atomic E-state index is 11.7. The first-order valence-corrected chi connectivity index (χ1v) is 6.34. The minimum absolute atomic E-state index is 0.0214. The molecule has 0 heterocycles. The standard InChI is InChI=1S/C12H26N2O3/c1-4-5-10(2)14-12(16)11(3)13-6-8-17-9-7-15/h10-11,13,15H,4-9H2,1-3H3,(H,14,16). The third-order valence-corrected chi connectivity index (χ3v) is 2.44. The average molecular weight is 246 g/mol. The van der Waals surface area contributed by atoms with Crippen molar-refractivity contribution >= 4 is 5.91 Å². The van der Waals surface area contributed by atoms with Gasteiger partial charge in [-0.25, -0.2) is 0 Å². The van der Waals surface area contributed by atoms with Gasteiger partial charge in [-0.3, -0.25) is 4.79 Å². The number of carbonyl (C=O) groups is 1. The van der Waals surface area contributed by atoms with E-state index < -0.39 is 0 Å². The Labute approximate surface area is 104 Å². The Hall–Kier alpha value is -0.650. The van der Waals surface area contributed by atoms with E-state index in [4.69, 9.17) is 9.84 Å². The normalized spacial score (nSPS) is 14.4. The van der Waals surface area contributed by atoms with Crippen LogP contribution in [0.3, 0.4) is 0 Å². The Kier molecular flexibility index (Phi) is 10.1. The number of amides is 1. The highest BCUT2D eigenvalue weighted by atomic mass is 16.5. The van der Waals surface area contributed by atoms with Crippen LogP contribution >= 0.6 is 0 Å². The summed E-state index contributed by atoms with van der Waals surface area (Å²) in [7, 11) is 0. The molecule has 102 valence electrons. The molecular formula is C12H26N2O3. The second-order valence-electron chi connectivity index (χ2n) is 4.21. The molecule has 0 aliphatic heterocycles. The summed E-state index contributed by atoms with van der Waals surface area (Å²) in [6.07, 6.45) is 2.07. The number of rotatable bonds is 10. The Balaban J connectivity index is 3.60. The fourth-order valence-electron chi connectivity index (χ4n) is 1.48. The zero-order valence-electron chi connectivity index (χ0n) is 11.2. The Morgan fingerprint density at radius 1 is 1.35 bits per heavy atom. The van der Waals surface area contributed by atoms with Gasteiger partial charge in [0.2, 0.25) is 5.91 Å². The van der Waals surface area contributed by atoms with E-state index in [0.717, 1.165) is 12.8 Å². The molecule has 0 aromatic rings. The molecule has 5 nitrogen and oxygen atoms in total. The highest BCUT2D eigenvalue weighted by Crippen LogP contribution is 1.95. The van der Waals surface area contributed by atoms with Gasteiger partial charge in [-0.15, -0.1) is 0 Å². The molecule has 0 aromatic heterocycles. The van der Waals surface area contributed by atoms with Gasteiger partial charge in [0.1, 0.15) is 0 Å². The monoisotopic (exact) mass is 246 g/mol. The van der Waals surface area contributed by atoms with Gasteiger partial charge >= 0.3 is 0 Å². The van der Waals surface area contributed by atoms with Crippen molar-refractivity contribution < 1.29 is 14.6 Å². The summed E-state index contributed by atoms with van der Waals surface area (Å²) in [6, 6.07) is 0.00872. The average Bonchev–Trinajstić information content (AvgIpc) is 2.28. The maximum atomic E-state index is 11.7. The van der Waals surface area contributed by atoms with E-state index >= 15 is 0 Å². The Morgan fingerprint density at radius 3 is 2.65 bits per heavy atom. The first-order chi connectivity index (χ1) is 8.11. The van der Waals surface area contributed by atoms with E-state index in [-0.39, 0.29) is 24.6 Å². The molecule has 0 aromatic carbocycles. The minimum Gasteiger partial charge on any atom is -0.394 e. The largest absolute Gasteiger partial charge is 0.394 e. The molecule has 0 saturated carbocycles. The lowest BCUT2D eigenvalue weighted by Crippen LogP contribution is -2.46. The van der Waals surface area contributed by atoms with Gasteiger partial charge in [-0.05, 0) is 20.3 Å². The first kappa shape index (κ1) is 16.4. The van der Waals surface area contributed by atoms with Gasteiger partial charge in [0, 0.05) is 12.6 Å². The molecule has 1 amide bonds. The SMILES string of the molecule is CCCC(C)NC(=O)C(C)NCCOCCO. The Morgan fingerprint density at radius 2 is 2.06 bits per heavy atom. The van der Waals surface area contributed by atoms with E-state index in [2.05, 4.69) is 17.6 Å². The minimum atomic E-state index is -0.216. The summed E-state index contributed by atoms with van der Waals surface area (Å²) >= 11 is 0. The molecule has 2 unspecified atom stereocenters. The molecule has 0 radical (unpaired) electrons. The second-order valence-corrected chi connectivity index (χ2v) is 4.21. The van der Waals surface area contributed by atoms with Crippen LogP contribution in [0.2, 0.25) is 0 Å². The summed E-state index contributed by atoms with van der Waals surface area (Å²) in [5.41, 5.74) is 0. The number of ether oxygens (including phenoxy) is 1. The van der Waals surface area contributed by atoms with Crippen LogP contribution < -0.4 is 10.6 Å². The van der Waals surface area contributed by atoms with Crippen LogP contribution in [-0.4, -0.2) is 49.5 Å². The first-order valence-electron chi connectivity index (χ1n) is 6.34. The summed E-state index contributed by atoms with van der Waals surface area (Å²) in [5.74, 6) is 0.0214. The Bertz CT molecular complexity index is 200. The second kappa shape index (κ2) is 10.5. The molecule has 0 spiro atoms. The van der Waals surface area contributed by atoms with E-state index in [0.29, 0.717) is 19.8 Å². The number of hydrogen-bond acceptors (Lipinski definition) is 4. The van der Waals surface area contributed by atoms with Crippen molar-refractivity contribution in [2.45, 2.75) is 45.7 Å². The smallest absolute Gasteiger partial charge is 0.237 e. The molecule has 0 aliphatic rings. The maximum Gasteiger partial charge on any atom is 0.237 e. The van der Waals surface area contributed by atoms with Crippen molar-refractivity contribution in [2.24, 2.45) is 0 Å². The fraction of sp³-hybridized carbons (Fsp3) is 0.917. The van der Waals surface area contributed by atoms with Crippen LogP contribution in [-0.2, 0) is 9.53 Å². The molecule has 0 fully saturated rings. The highest BCUT2D eigenvalue weighted by molar-refractivity contribution is 5.81.